The van der Waals surface area contributed by atoms with Gasteiger partial charge in [-0.1, -0.05) is 10.2 Å². The van der Waals surface area contributed by atoms with Gasteiger partial charge in [0.25, 0.3) is 0 Å². The summed E-state index contributed by atoms with van der Waals surface area (Å²) in [5.41, 5.74) is 17.3. The average molecular weight is 272 g/mol. The first kappa shape index (κ1) is 15.5. The summed E-state index contributed by atoms with van der Waals surface area (Å²) in [6.07, 6.45) is -1.97. The van der Waals surface area contributed by atoms with Crippen LogP contribution < -0.4 is 0 Å². The van der Waals surface area contributed by atoms with Gasteiger partial charge >= 0.3 is 0 Å². The van der Waals surface area contributed by atoms with Gasteiger partial charge in [0.1, 0.15) is 6.10 Å². The molecule has 1 aliphatic heterocycles. The maximum absolute atomic E-state index is 8.65. The van der Waals surface area contributed by atoms with E-state index in [4.69, 9.17) is 30.0 Å². The van der Waals surface area contributed by atoms with Crippen LogP contribution in [0.5, 0.6) is 0 Å². The zero-order valence-corrected chi connectivity index (χ0v) is 10.9. The summed E-state index contributed by atoms with van der Waals surface area (Å²) in [4.78, 5) is 5.52. The van der Waals surface area contributed by atoms with Gasteiger partial charge in [-0.25, -0.2) is 0 Å². The van der Waals surface area contributed by atoms with Crippen molar-refractivity contribution in [2.45, 2.75) is 30.6 Å². The van der Waals surface area contributed by atoms with Gasteiger partial charge in [-0.2, -0.15) is 0 Å². The lowest BCUT2D eigenvalue weighted by molar-refractivity contribution is -0.251. The van der Waals surface area contributed by atoms with E-state index in [9.17, 15) is 0 Å². The fraction of sp³-hybridized carbons (Fsp3) is 1.00. The molecule has 1 heterocycles. The number of ether oxygens (including phenoxy) is 4. The van der Waals surface area contributed by atoms with Crippen molar-refractivity contribution in [3.05, 3.63) is 20.9 Å². The van der Waals surface area contributed by atoms with Crippen molar-refractivity contribution in [1.82, 2.24) is 0 Å². The standard InChI is InChI=1S/C9H16N6O4/c1-16-4-5-6(12-14-10)7(13-15-11)8(17-2)9(18-3)19-5/h5-9H,4H2,1-3H3/t5-,6-,7-,8-,9-/m1/s1. The summed E-state index contributed by atoms with van der Waals surface area (Å²) >= 11 is 0. The molecule has 1 rings (SSSR count). The molecule has 1 fully saturated rings. The van der Waals surface area contributed by atoms with E-state index in [-0.39, 0.29) is 6.61 Å². The van der Waals surface area contributed by atoms with Crippen molar-refractivity contribution in [2.75, 3.05) is 27.9 Å². The van der Waals surface area contributed by atoms with Gasteiger partial charge in [-0.05, 0) is 11.1 Å². The summed E-state index contributed by atoms with van der Waals surface area (Å²) in [7, 11) is 4.37. The quantitative estimate of drug-likeness (QED) is 0.410. The molecule has 5 atom stereocenters. The SMILES string of the molecule is COC[C@H]1O[C@@H](OC)[C@H](OC)[C@H](N=[N+]=[N-])[C@@H]1N=[N+]=[N-]. The molecular weight excluding hydrogens is 256 g/mol. The number of azide groups is 2. The number of methoxy groups -OCH3 is 3. The highest BCUT2D eigenvalue weighted by atomic mass is 16.7. The maximum Gasteiger partial charge on any atom is 0.184 e. The highest BCUT2D eigenvalue weighted by Crippen LogP contribution is 2.28. The Labute approximate surface area is 109 Å². The zero-order valence-electron chi connectivity index (χ0n) is 10.9. The van der Waals surface area contributed by atoms with Gasteiger partial charge < -0.3 is 18.9 Å². The molecule has 0 aromatic carbocycles. The van der Waals surface area contributed by atoms with Crippen molar-refractivity contribution in [3.63, 3.8) is 0 Å². The Bertz CT molecular complexity index is 381. The molecule has 0 spiro atoms. The van der Waals surface area contributed by atoms with E-state index in [0.29, 0.717) is 0 Å². The van der Waals surface area contributed by atoms with Crippen LogP contribution in [0.25, 0.3) is 20.9 Å². The topological polar surface area (TPSA) is 134 Å². The summed E-state index contributed by atoms with van der Waals surface area (Å²) in [5.74, 6) is 0. The predicted octanol–water partition coefficient (Wildman–Crippen LogP) is 1.38. The molecule has 0 aromatic heterocycles. The molecular formula is C9H16N6O4. The largest absolute Gasteiger partial charge is 0.382 e. The second-order valence-corrected chi connectivity index (χ2v) is 3.83. The van der Waals surface area contributed by atoms with Crippen LogP contribution in [0.2, 0.25) is 0 Å². The predicted molar refractivity (Wildman–Crippen MR) is 64.2 cm³/mol. The molecule has 10 heteroatoms. The Hall–Kier alpha value is -1.54. The first-order valence-electron chi connectivity index (χ1n) is 5.51. The third-order valence-electron chi connectivity index (χ3n) is 2.85. The number of hydrogen-bond acceptors (Lipinski definition) is 6. The van der Waals surface area contributed by atoms with Gasteiger partial charge in [-0.3, -0.25) is 0 Å². The highest BCUT2D eigenvalue weighted by Gasteiger charge is 2.45. The van der Waals surface area contributed by atoms with E-state index in [1.165, 1.54) is 21.3 Å². The molecule has 10 nitrogen and oxygen atoms in total. The Kier molecular flexibility index (Phi) is 6.37. The highest BCUT2D eigenvalue weighted by molar-refractivity contribution is 4.99. The summed E-state index contributed by atoms with van der Waals surface area (Å²) < 4.78 is 21.0. The third kappa shape index (κ3) is 3.48. The smallest absolute Gasteiger partial charge is 0.184 e. The Morgan fingerprint density at radius 3 is 2.16 bits per heavy atom. The van der Waals surface area contributed by atoms with Crippen LogP contribution in [-0.4, -0.2) is 58.5 Å². The number of nitrogens with zero attached hydrogens (tertiary/aromatic N) is 6. The van der Waals surface area contributed by atoms with Crippen molar-refractivity contribution in [1.29, 1.82) is 0 Å². The monoisotopic (exact) mass is 272 g/mol. The number of rotatable bonds is 6. The van der Waals surface area contributed by atoms with Crippen LogP contribution in [0.4, 0.5) is 0 Å². The van der Waals surface area contributed by atoms with Gasteiger partial charge in [0.15, 0.2) is 6.29 Å². The van der Waals surface area contributed by atoms with Crippen LogP contribution in [0.1, 0.15) is 0 Å². The minimum absolute atomic E-state index is 0.178. The fourth-order valence-electron chi connectivity index (χ4n) is 2.04. The Morgan fingerprint density at radius 1 is 1.05 bits per heavy atom. The first-order valence-corrected chi connectivity index (χ1v) is 5.51. The van der Waals surface area contributed by atoms with Gasteiger partial charge in [0.2, 0.25) is 0 Å². The third-order valence-corrected chi connectivity index (χ3v) is 2.85. The molecule has 0 aromatic rings. The van der Waals surface area contributed by atoms with E-state index in [1.54, 1.807) is 0 Å². The van der Waals surface area contributed by atoms with Crippen LogP contribution in [0, 0.1) is 0 Å². The van der Waals surface area contributed by atoms with E-state index in [1.807, 2.05) is 0 Å². The van der Waals surface area contributed by atoms with E-state index in [0.717, 1.165) is 0 Å². The number of hydrogen-bond donors (Lipinski definition) is 0. The van der Waals surface area contributed by atoms with Crippen molar-refractivity contribution in [3.8, 4) is 0 Å². The molecule has 0 unspecified atom stereocenters. The second-order valence-electron chi connectivity index (χ2n) is 3.83. The Morgan fingerprint density at radius 2 is 1.68 bits per heavy atom. The molecule has 0 radical (unpaired) electrons. The molecule has 0 bridgehead atoms. The Balaban J connectivity index is 3.10. The van der Waals surface area contributed by atoms with Crippen LogP contribution in [-0.2, 0) is 18.9 Å². The molecule has 19 heavy (non-hydrogen) atoms. The van der Waals surface area contributed by atoms with Crippen molar-refractivity contribution < 1.29 is 18.9 Å². The van der Waals surface area contributed by atoms with Gasteiger partial charge in [0, 0.05) is 31.2 Å². The molecule has 0 saturated carbocycles. The van der Waals surface area contributed by atoms with E-state index >= 15 is 0 Å². The van der Waals surface area contributed by atoms with Crippen molar-refractivity contribution >= 4 is 0 Å². The molecule has 0 N–H and O–H groups in total. The summed E-state index contributed by atoms with van der Waals surface area (Å²) in [6, 6.07) is -1.46. The molecule has 106 valence electrons. The first-order chi connectivity index (χ1) is 9.23. The minimum atomic E-state index is -0.732. The zero-order chi connectivity index (χ0) is 14.3. The summed E-state index contributed by atoms with van der Waals surface area (Å²) in [5, 5.41) is 7.27. The normalized spacial score (nSPS) is 34.2. The maximum atomic E-state index is 8.65. The molecule has 1 aliphatic rings. The lowest BCUT2D eigenvalue weighted by Crippen LogP contribution is -2.58. The van der Waals surface area contributed by atoms with E-state index in [2.05, 4.69) is 20.1 Å². The molecule has 1 saturated heterocycles. The summed E-state index contributed by atoms with van der Waals surface area (Å²) in [6.45, 7) is 0.178. The van der Waals surface area contributed by atoms with Gasteiger partial charge in [-0.15, -0.1) is 0 Å². The van der Waals surface area contributed by atoms with Crippen LogP contribution >= 0.6 is 0 Å². The second kappa shape index (κ2) is 7.80. The lowest BCUT2D eigenvalue weighted by Gasteiger charge is -2.42. The van der Waals surface area contributed by atoms with Crippen LogP contribution in [0.3, 0.4) is 0 Å². The van der Waals surface area contributed by atoms with Crippen LogP contribution in [0.15, 0.2) is 10.2 Å². The molecule has 0 aliphatic carbocycles. The average Bonchev–Trinajstić information content (AvgIpc) is 2.42. The van der Waals surface area contributed by atoms with Gasteiger partial charge in [0.05, 0.1) is 24.8 Å². The molecule has 0 amide bonds. The van der Waals surface area contributed by atoms with Crippen molar-refractivity contribution in [2.24, 2.45) is 10.2 Å². The lowest BCUT2D eigenvalue weighted by atomic mass is 9.95. The van der Waals surface area contributed by atoms with E-state index < -0.39 is 30.6 Å². The fourth-order valence-corrected chi connectivity index (χ4v) is 2.04. The minimum Gasteiger partial charge on any atom is -0.382 e.